The number of aliphatic hydroxyl groups excluding tert-OH is 3. The summed E-state index contributed by atoms with van der Waals surface area (Å²) in [5.41, 5.74) is 6.78. The van der Waals surface area contributed by atoms with Crippen molar-refractivity contribution in [3.63, 3.8) is 0 Å². The van der Waals surface area contributed by atoms with Gasteiger partial charge in [-0.2, -0.15) is 0 Å². The molecule has 648 valence electrons. The van der Waals surface area contributed by atoms with Crippen molar-refractivity contribution in [1.29, 1.82) is 0 Å². The summed E-state index contributed by atoms with van der Waals surface area (Å²) in [6.07, 6.45) is 52.2. The van der Waals surface area contributed by atoms with Crippen molar-refractivity contribution in [2.45, 2.75) is 360 Å². The van der Waals surface area contributed by atoms with E-state index >= 15 is 0 Å². The van der Waals surface area contributed by atoms with E-state index in [1.54, 1.807) is 6.07 Å². The van der Waals surface area contributed by atoms with E-state index in [0.29, 0.717) is 55.8 Å². The predicted octanol–water partition coefficient (Wildman–Crippen LogP) is 27.1. The molecule has 6 aromatic carbocycles. The van der Waals surface area contributed by atoms with E-state index in [0.717, 1.165) is 193 Å². The van der Waals surface area contributed by atoms with Crippen LogP contribution in [-0.4, -0.2) is 90.6 Å². The molecule has 0 amide bonds. The molecule has 1 aliphatic heterocycles. The molecule has 2 unspecified atom stereocenters. The number of aliphatic hydroxyl groups is 4. The Labute approximate surface area is 711 Å². The highest BCUT2D eigenvalue weighted by atomic mass is 79.9. The summed E-state index contributed by atoms with van der Waals surface area (Å²) in [6, 6.07) is 44.7. The fraction of sp³-hybridized carbons (Fsp3) is 0.650. The molecule has 11 nitrogen and oxygen atoms in total. The van der Waals surface area contributed by atoms with Crippen LogP contribution in [0.3, 0.4) is 0 Å². The van der Waals surface area contributed by atoms with Gasteiger partial charge in [0.2, 0.25) is 0 Å². The predicted molar refractivity (Wildman–Crippen MR) is 482 cm³/mol. The van der Waals surface area contributed by atoms with Gasteiger partial charge in [0.25, 0.3) is 0 Å². The average Bonchev–Trinajstić information content (AvgIpc) is 0.839. The molecular weight excluding hydrogens is 1510 g/mol. The van der Waals surface area contributed by atoms with Gasteiger partial charge < -0.3 is 53.6 Å². The van der Waals surface area contributed by atoms with Crippen LogP contribution >= 0.6 is 15.9 Å². The summed E-state index contributed by atoms with van der Waals surface area (Å²) in [4.78, 5) is 0. The first-order valence-corrected chi connectivity index (χ1v) is 47.6. The largest absolute Gasteiger partial charge is 0.493 e. The van der Waals surface area contributed by atoms with Crippen LogP contribution < -0.4 is 28.4 Å². The lowest BCUT2D eigenvalue weighted by Gasteiger charge is -2.30. The molecule has 5 aliphatic carbocycles. The van der Waals surface area contributed by atoms with Gasteiger partial charge in [-0.15, -0.1) is 0 Å². The normalized spacial score (nSPS) is 19.9. The molecule has 116 heavy (non-hydrogen) atoms. The summed E-state index contributed by atoms with van der Waals surface area (Å²) < 4.78 is 55.4. The Hall–Kier alpha value is -5.67. The minimum atomic E-state index is -0.625. The zero-order valence-electron chi connectivity index (χ0n) is 73.0. The number of halogens is 2. The summed E-state index contributed by atoms with van der Waals surface area (Å²) in [7, 11) is 0. The van der Waals surface area contributed by atoms with Crippen molar-refractivity contribution >= 4 is 15.9 Å². The third kappa shape index (κ3) is 40.6. The van der Waals surface area contributed by atoms with E-state index in [4.69, 9.17) is 33.2 Å². The third-order valence-corrected chi connectivity index (χ3v) is 24.8. The van der Waals surface area contributed by atoms with Crippen LogP contribution in [0.4, 0.5) is 4.39 Å². The second-order valence-corrected chi connectivity index (χ2v) is 35.3. The molecule has 4 N–H and O–H groups in total. The van der Waals surface area contributed by atoms with Crippen LogP contribution in [0, 0.1) is 29.5 Å². The number of hydrogen-bond acceptors (Lipinski definition) is 11. The Kier molecular flexibility index (Phi) is 49.7. The Morgan fingerprint density at radius 3 is 1.21 bits per heavy atom. The number of rotatable bonds is 36. The molecule has 0 radical (unpaired) electrons. The smallest absolute Gasteiger partial charge is 0.127 e. The Bertz CT molecular complexity index is 3390. The number of benzene rings is 6. The molecule has 5 saturated carbocycles. The van der Waals surface area contributed by atoms with E-state index < -0.39 is 11.7 Å². The lowest BCUT2D eigenvalue weighted by molar-refractivity contribution is -0.0257. The SMILES string of the molecule is CCCC(O)c1cc(OCC2CCCCC2)ccc1Br.CCCCc1cc(F)cc(OCC2CCCCC2)c1.CCCCc1cccc(OCC2(O)CCCCCCC2)c1.CCCCc1cccc(OCC2CCCCO2)c1.CCCCc1cccc(OC[C@@H]2CCCC[C@H]2O)c1.CCCCc1cccc(OC[C@H]2CCCC[C@H]2O)c1. The number of ether oxygens (including phenoxy) is 7. The van der Waals surface area contributed by atoms with Crippen LogP contribution in [0.15, 0.2) is 138 Å². The summed E-state index contributed by atoms with van der Waals surface area (Å²) in [6.45, 7) is 18.0. The second-order valence-electron chi connectivity index (χ2n) is 34.4. The van der Waals surface area contributed by atoms with Gasteiger partial charge in [-0.05, 0) is 278 Å². The first kappa shape index (κ1) is 97.5. The van der Waals surface area contributed by atoms with Gasteiger partial charge in [0, 0.05) is 29.0 Å². The average molecular weight is 1670 g/mol. The molecule has 6 fully saturated rings. The van der Waals surface area contributed by atoms with Crippen molar-refractivity contribution < 1.29 is 58.0 Å². The maximum atomic E-state index is 13.5. The van der Waals surface area contributed by atoms with Gasteiger partial charge in [-0.25, -0.2) is 4.39 Å². The van der Waals surface area contributed by atoms with E-state index in [-0.39, 0.29) is 24.1 Å². The first-order chi connectivity index (χ1) is 56.7. The summed E-state index contributed by atoms with van der Waals surface area (Å²) >= 11 is 3.51. The van der Waals surface area contributed by atoms with Gasteiger partial charge in [-0.1, -0.05) is 241 Å². The Morgan fingerprint density at radius 1 is 0.388 bits per heavy atom. The number of aryl methyl sites for hydroxylation is 5. The van der Waals surface area contributed by atoms with Crippen LogP contribution in [0.25, 0.3) is 0 Å². The van der Waals surface area contributed by atoms with Gasteiger partial charge in [0.15, 0.2) is 0 Å². The Morgan fingerprint density at radius 2 is 0.767 bits per heavy atom. The number of hydrogen-bond donors (Lipinski definition) is 4. The lowest BCUT2D eigenvalue weighted by Crippen LogP contribution is -2.36. The topological polar surface area (TPSA) is 146 Å². The molecule has 1 saturated heterocycles. The molecule has 13 heteroatoms. The molecule has 0 aromatic heterocycles. The van der Waals surface area contributed by atoms with Crippen LogP contribution in [0.5, 0.6) is 34.5 Å². The number of unbranched alkanes of at least 4 members (excludes halogenated alkanes) is 5. The quantitative estimate of drug-likeness (QED) is 0.0298. The van der Waals surface area contributed by atoms with E-state index in [9.17, 15) is 24.8 Å². The highest BCUT2D eigenvalue weighted by molar-refractivity contribution is 9.10. The van der Waals surface area contributed by atoms with E-state index in [1.165, 1.54) is 189 Å². The van der Waals surface area contributed by atoms with Crippen LogP contribution in [-0.2, 0) is 36.8 Å². The van der Waals surface area contributed by atoms with Crippen molar-refractivity contribution in [3.05, 3.63) is 177 Å². The third-order valence-electron chi connectivity index (χ3n) is 24.1. The van der Waals surface area contributed by atoms with Crippen molar-refractivity contribution in [3.8, 4) is 34.5 Å². The Balaban J connectivity index is 0.000000193. The molecule has 6 aromatic rings. The van der Waals surface area contributed by atoms with E-state index in [1.807, 2.05) is 48.5 Å². The highest BCUT2D eigenvalue weighted by Crippen LogP contribution is 2.35. The van der Waals surface area contributed by atoms with Crippen molar-refractivity contribution in [1.82, 2.24) is 0 Å². The van der Waals surface area contributed by atoms with Gasteiger partial charge >= 0.3 is 0 Å². The van der Waals surface area contributed by atoms with Crippen LogP contribution in [0.1, 0.15) is 338 Å². The maximum Gasteiger partial charge on any atom is 0.127 e. The van der Waals surface area contributed by atoms with Gasteiger partial charge in [-0.3, -0.25) is 0 Å². The van der Waals surface area contributed by atoms with E-state index in [2.05, 4.69) is 130 Å². The summed E-state index contributed by atoms with van der Waals surface area (Å²) in [5, 5.41) is 40.8. The second kappa shape index (κ2) is 59.1. The zero-order chi connectivity index (χ0) is 82.5. The lowest BCUT2D eigenvalue weighted by atomic mass is 9.87. The summed E-state index contributed by atoms with van der Waals surface area (Å²) in [5.74, 6) is 7.19. The fourth-order valence-corrected chi connectivity index (χ4v) is 17.1. The molecule has 6 atom stereocenters. The minimum Gasteiger partial charge on any atom is -0.493 e. The standard InChI is InChI=1S/C19H30O2.C17H25BrO2.C17H25FO.2C17H26O2.C16H24O2/c1-2-3-10-17-11-9-12-18(15-17)21-16-19(20)13-7-5-4-6-8-14-19;1-2-6-17(19)15-11-14(9-10-16(15)18)20-12-13-7-4-3-5-8-13;1-2-3-7-15-10-16(18)12-17(11-15)19-13-14-8-5-4-6-9-14;2*1-2-3-7-14-8-6-10-16(12-14)19-13-15-9-4-5-11-17(15)18;1-2-3-7-14-8-6-10-15(12-14)18-13-16-9-4-5-11-17-16/h9,11-12,15,20H,2-8,10,13-14,16H2,1H3;9-11,13,17,19H,2-8,12H2,1H3;10-12,14H,2-9,13H2,1H3;2*6,8,10,12,15,17-18H,2-5,7,9,11,13H2,1H3;6,8,10,12,16H,2-5,7,9,11,13H2,1H3/t;;;15-,17+;15-,17-;/m...01./s1. The molecular formula is C103H156BrFO11. The zero-order valence-corrected chi connectivity index (χ0v) is 74.6. The van der Waals surface area contributed by atoms with Gasteiger partial charge in [0.1, 0.15) is 53.5 Å². The molecule has 12 rings (SSSR count). The fourth-order valence-electron chi connectivity index (χ4n) is 16.6. The maximum absolute atomic E-state index is 13.5. The minimum absolute atomic E-state index is 0.169. The van der Waals surface area contributed by atoms with Crippen molar-refractivity contribution in [2.75, 3.05) is 46.2 Å². The van der Waals surface area contributed by atoms with Crippen LogP contribution in [0.2, 0.25) is 0 Å². The van der Waals surface area contributed by atoms with Gasteiger partial charge in [0.05, 0.1) is 56.4 Å². The molecule has 0 bridgehead atoms. The van der Waals surface area contributed by atoms with Crippen molar-refractivity contribution in [2.24, 2.45) is 23.7 Å². The molecule has 6 aliphatic rings. The monoisotopic (exact) mass is 1670 g/mol. The highest BCUT2D eigenvalue weighted by Gasteiger charge is 2.29. The molecule has 0 spiro atoms. The molecule has 1 heterocycles. The first-order valence-electron chi connectivity index (χ1n) is 46.8.